The van der Waals surface area contributed by atoms with Crippen molar-refractivity contribution in [3.8, 4) is 0 Å². The van der Waals surface area contributed by atoms with Crippen LogP contribution >= 0.6 is 23.1 Å². The first-order valence-corrected chi connectivity index (χ1v) is 9.59. The first-order valence-electron chi connectivity index (χ1n) is 7.62. The Balaban J connectivity index is 1.88. The minimum Gasteiger partial charge on any atom is -0.309 e. The largest absolute Gasteiger partial charge is 0.309 e. The molecule has 0 saturated carbocycles. The average Bonchev–Trinajstić information content (AvgIpc) is 2.96. The van der Waals surface area contributed by atoms with Crippen molar-refractivity contribution in [3.05, 3.63) is 51.5 Å². The smallest absolute Gasteiger partial charge is 0.0481 e. The zero-order valence-corrected chi connectivity index (χ0v) is 14.3. The van der Waals surface area contributed by atoms with Gasteiger partial charge in [-0.05, 0) is 48.0 Å². The summed E-state index contributed by atoms with van der Waals surface area (Å²) in [5.74, 6) is 2.92. The molecule has 2 aromatic rings. The Bertz CT molecular complexity index is 556. The van der Waals surface area contributed by atoms with Gasteiger partial charge in [-0.2, -0.15) is 11.8 Å². The fraction of sp³-hybridized carbons (Fsp3) is 0.471. The van der Waals surface area contributed by atoms with Crippen molar-refractivity contribution < 1.29 is 0 Å². The van der Waals surface area contributed by atoms with Gasteiger partial charge in [-0.25, -0.2) is 0 Å². The molecular formula is C17H22N2S2. The molecule has 0 amide bonds. The second kappa shape index (κ2) is 6.95. The van der Waals surface area contributed by atoms with E-state index in [0.29, 0.717) is 12.0 Å². The number of likely N-dealkylation sites (N-methyl/N-ethyl adjacent to an activating group) is 1. The van der Waals surface area contributed by atoms with Gasteiger partial charge in [-0.15, -0.1) is 11.3 Å². The van der Waals surface area contributed by atoms with E-state index in [0.717, 1.165) is 6.54 Å². The van der Waals surface area contributed by atoms with E-state index in [1.165, 1.54) is 28.4 Å². The first kappa shape index (κ1) is 15.1. The number of hydrogen-bond acceptors (Lipinski definition) is 4. The third kappa shape index (κ3) is 3.33. The maximum absolute atomic E-state index is 4.14. The van der Waals surface area contributed by atoms with Crippen molar-refractivity contribution in [3.63, 3.8) is 0 Å². The minimum atomic E-state index is 0.401. The van der Waals surface area contributed by atoms with Crippen LogP contribution in [0.1, 0.15) is 46.7 Å². The van der Waals surface area contributed by atoms with Crippen LogP contribution in [0.25, 0.3) is 0 Å². The topological polar surface area (TPSA) is 24.9 Å². The average molecular weight is 319 g/mol. The van der Waals surface area contributed by atoms with Gasteiger partial charge in [-0.3, -0.25) is 4.98 Å². The van der Waals surface area contributed by atoms with Crippen molar-refractivity contribution in [1.29, 1.82) is 0 Å². The van der Waals surface area contributed by atoms with Crippen LogP contribution in [0, 0.1) is 0 Å². The Morgan fingerprint density at radius 2 is 2.14 bits per heavy atom. The maximum Gasteiger partial charge on any atom is 0.0481 e. The lowest BCUT2D eigenvalue weighted by molar-refractivity contribution is 0.486. The van der Waals surface area contributed by atoms with Crippen LogP contribution in [0.5, 0.6) is 0 Å². The van der Waals surface area contributed by atoms with Crippen LogP contribution < -0.4 is 5.32 Å². The lowest BCUT2D eigenvalue weighted by Gasteiger charge is -2.24. The molecule has 0 aliphatic carbocycles. The molecular weight excluding hydrogens is 296 g/mol. The number of fused-ring (bicyclic) bond motifs is 1. The molecule has 3 heterocycles. The summed E-state index contributed by atoms with van der Waals surface area (Å²) in [5, 5.41) is 3.69. The molecule has 3 rings (SSSR count). The van der Waals surface area contributed by atoms with E-state index in [2.05, 4.69) is 54.1 Å². The predicted octanol–water partition coefficient (Wildman–Crippen LogP) is 4.39. The number of pyridine rings is 1. The van der Waals surface area contributed by atoms with Crippen molar-refractivity contribution in [2.45, 2.75) is 38.0 Å². The lowest BCUT2D eigenvalue weighted by Crippen LogP contribution is -2.25. The van der Waals surface area contributed by atoms with Gasteiger partial charge in [0.1, 0.15) is 0 Å². The molecule has 2 aromatic heterocycles. The quantitative estimate of drug-likeness (QED) is 0.885. The summed E-state index contributed by atoms with van der Waals surface area (Å²) in [6.07, 6.45) is 5.03. The maximum atomic E-state index is 4.14. The molecule has 2 nitrogen and oxygen atoms in total. The molecule has 2 unspecified atom stereocenters. The Hall–Kier alpha value is -0.840. The molecule has 0 saturated heterocycles. The highest BCUT2D eigenvalue weighted by atomic mass is 32.2. The van der Waals surface area contributed by atoms with Gasteiger partial charge in [-0.1, -0.05) is 13.8 Å². The highest BCUT2D eigenvalue weighted by Crippen LogP contribution is 2.39. The van der Waals surface area contributed by atoms with Gasteiger partial charge in [0.15, 0.2) is 0 Å². The number of rotatable bonds is 5. The summed E-state index contributed by atoms with van der Waals surface area (Å²) < 4.78 is 0. The van der Waals surface area contributed by atoms with E-state index in [4.69, 9.17) is 0 Å². The van der Waals surface area contributed by atoms with Gasteiger partial charge in [0, 0.05) is 39.9 Å². The van der Waals surface area contributed by atoms with Gasteiger partial charge < -0.3 is 5.32 Å². The molecule has 1 aliphatic heterocycles. The van der Waals surface area contributed by atoms with E-state index >= 15 is 0 Å². The SMILES string of the molecule is CCNC(c1cc2c(s1)CCSC2)C(C)c1ccncc1. The van der Waals surface area contributed by atoms with Gasteiger partial charge in [0.2, 0.25) is 0 Å². The van der Waals surface area contributed by atoms with E-state index in [1.807, 2.05) is 23.7 Å². The van der Waals surface area contributed by atoms with Gasteiger partial charge >= 0.3 is 0 Å². The van der Waals surface area contributed by atoms with Crippen LogP contribution in [0.2, 0.25) is 0 Å². The van der Waals surface area contributed by atoms with E-state index < -0.39 is 0 Å². The Morgan fingerprint density at radius 1 is 1.33 bits per heavy atom. The number of aromatic nitrogens is 1. The number of nitrogens with zero attached hydrogens (tertiary/aromatic N) is 1. The van der Waals surface area contributed by atoms with Gasteiger partial charge in [0.25, 0.3) is 0 Å². The molecule has 0 bridgehead atoms. The molecule has 1 aliphatic rings. The standard InChI is InChI=1S/C17H22N2S2/c1-3-19-17(12(2)13-4-7-18-8-5-13)16-10-14-11-20-9-6-15(14)21-16/h4-5,7-8,10,12,17,19H,3,6,9,11H2,1-2H3. The normalized spacial score (nSPS) is 17.2. The Morgan fingerprint density at radius 3 is 2.86 bits per heavy atom. The monoisotopic (exact) mass is 318 g/mol. The molecule has 112 valence electrons. The van der Waals surface area contributed by atoms with E-state index in [-0.39, 0.29) is 0 Å². The highest BCUT2D eigenvalue weighted by Gasteiger charge is 2.24. The van der Waals surface area contributed by atoms with Crippen molar-refractivity contribution >= 4 is 23.1 Å². The molecule has 1 N–H and O–H groups in total. The van der Waals surface area contributed by atoms with Crippen LogP contribution in [0.3, 0.4) is 0 Å². The molecule has 0 fully saturated rings. The minimum absolute atomic E-state index is 0.401. The number of hydrogen-bond donors (Lipinski definition) is 1. The highest BCUT2D eigenvalue weighted by molar-refractivity contribution is 7.98. The molecule has 21 heavy (non-hydrogen) atoms. The Labute approximate surface area is 135 Å². The van der Waals surface area contributed by atoms with Crippen LogP contribution in [0.15, 0.2) is 30.6 Å². The summed E-state index contributed by atoms with van der Waals surface area (Å²) in [6, 6.07) is 7.12. The Kier molecular flexibility index (Phi) is 4.99. The second-order valence-electron chi connectivity index (χ2n) is 5.50. The number of thiophene rings is 1. The first-order chi connectivity index (χ1) is 10.3. The fourth-order valence-electron chi connectivity index (χ4n) is 2.93. The van der Waals surface area contributed by atoms with E-state index in [9.17, 15) is 0 Å². The summed E-state index contributed by atoms with van der Waals surface area (Å²) in [5.41, 5.74) is 2.92. The third-order valence-electron chi connectivity index (χ3n) is 4.11. The summed E-state index contributed by atoms with van der Waals surface area (Å²) >= 11 is 4.07. The summed E-state index contributed by atoms with van der Waals surface area (Å²) in [4.78, 5) is 7.24. The summed E-state index contributed by atoms with van der Waals surface area (Å²) in [6.45, 7) is 5.50. The number of aryl methyl sites for hydroxylation is 1. The van der Waals surface area contributed by atoms with Gasteiger partial charge in [0.05, 0.1) is 0 Å². The molecule has 0 spiro atoms. The lowest BCUT2D eigenvalue weighted by atomic mass is 9.92. The molecule has 0 aromatic carbocycles. The molecule has 4 heteroatoms. The molecule has 2 atom stereocenters. The second-order valence-corrected chi connectivity index (χ2v) is 7.78. The third-order valence-corrected chi connectivity index (χ3v) is 6.44. The fourth-order valence-corrected chi connectivity index (χ4v) is 5.48. The van der Waals surface area contributed by atoms with Crippen molar-refractivity contribution in [1.82, 2.24) is 10.3 Å². The van der Waals surface area contributed by atoms with E-state index in [1.54, 1.807) is 10.4 Å². The molecule has 0 radical (unpaired) electrons. The number of thioether (sulfide) groups is 1. The summed E-state index contributed by atoms with van der Waals surface area (Å²) in [7, 11) is 0. The predicted molar refractivity (Wildman–Crippen MR) is 93.3 cm³/mol. The zero-order valence-electron chi connectivity index (χ0n) is 12.6. The van der Waals surface area contributed by atoms with Crippen LogP contribution in [-0.2, 0) is 12.2 Å². The van der Waals surface area contributed by atoms with Crippen molar-refractivity contribution in [2.24, 2.45) is 0 Å². The van der Waals surface area contributed by atoms with Crippen LogP contribution in [-0.4, -0.2) is 17.3 Å². The number of nitrogens with one attached hydrogen (secondary N) is 1. The zero-order chi connectivity index (χ0) is 14.7. The van der Waals surface area contributed by atoms with Crippen molar-refractivity contribution in [2.75, 3.05) is 12.3 Å². The van der Waals surface area contributed by atoms with Crippen LogP contribution in [0.4, 0.5) is 0 Å².